The number of hydrogen-bond donors (Lipinski definition) is 0. The van der Waals surface area contributed by atoms with Crippen molar-refractivity contribution < 1.29 is 0 Å². The minimum atomic E-state index is 0.540. The highest BCUT2D eigenvalue weighted by Gasteiger charge is 2.21. The lowest BCUT2D eigenvalue weighted by Gasteiger charge is -2.12. The predicted molar refractivity (Wildman–Crippen MR) is 136 cm³/mol. The van der Waals surface area contributed by atoms with Crippen LogP contribution < -0.4 is 0 Å². The second-order valence-corrected chi connectivity index (χ2v) is 9.19. The van der Waals surface area contributed by atoms with Crippen molar-refractivity contribution >= 4 is 35.3 Å². The van der Waals surface area contributed by atoms with Crippen molar-refractivity contribution in [2.45, 2.75) is 12.2 Å². The van der Waals surface area contributed by atoms with Crippen molar-refractivity contribution in [3.63, 3.8) is 0 Å². The summed E-state index contributed by atoms with van der Waals surface area (Å²) in [5, 5.41) is 1.29. The third-order valence-electron chi connectivity index (χ3n) is 5.94. The Morgan fingerprint density at radius 1 is 0.719 bits per heavy atom. The van der Waals surface area contributed by atoms with Crippen LogP contribution in [0.15, 0.2) is 84.9 Å². The van der Waals surface area contributed by atoms with Gasteiger partial charge in [-0.15, -0.1) is 11.3 Å². The van der Waals surface area contributed by atoms with E-state index in [4.69, 9.17) is 15.0 Å². The molecule has 6 rings (SSSR count). The molecule has 0 radical (unpaired) electrons. The SMILES string of the molecule is BC1CC=Cc2c1sc1c(-c3nc(-c4ccccc4)nc(-c4ccccc4)n3)cccc21. The van der Waals surface area contributed by atoms with E-state index >= 15 is 0 Å². The Labute approximate surface area is 191 Å². The van der Waals surface area contributed by atoms with Gasteiger partial charge in [-0.2, -0.15) is 0 Å². The van der Waals surface area contributed by atoms with Gasteiger partial charge in [-0.05, 0) is 23.9 Å². The smallest absolute Gasteiger partial charge is 0.165 e. The molecule has 2 aromatic heterocycles. The molecule has 3 nitrogen and oxygen atoms in total. The molecule has 0 saturated carbocycles. The number of hydrogen-bond acceptors (Lipinski definition) is 4. The Balaban J connectivity index is 1.60. The first-order chi connectivity index (χ1) is 15.8. The first kappa shape index (κ1) is 19.1. The van der Waals surface area contributed by atoms with Gasteiger partial charge in [-0.25, -0.2) is 15.0 Å². The van der Waals surface area contributed by atoms with Gasteiger partial charge in [0.15, 0.2) is 17.5 Å². The minimum absolute atomic E-state index is 0.540. The van der Waals surface area contributed by atoms with Gasteiger partial charge in [0.05, 0.1) is 0 Å². The lowest BCUT2D eigenvalue weighted by molar-refractivity contribution is 0.968. The zero-order valence-electron chi connectivity index (χ0n) is 17.7. The normalized spacial score (nSPS) is 15.1. The molecule has 0 aliphatic heterocycles. The highest BCUT2D eigenvalue weighted by atomic mass is 32.1. The summed E-state index contributed by atoms with van der Waals surface area (Å²) in [6.07, 6.45) is 5.66. The van der Waals surface area contributed by atoms with Crippen LogP contribution in [-0.4, -0.2) is 22.8 Å². The maximum Gasteiger partial charge on any atom is 0.165 e. The van der Waals surface area contributed by atoms with E-state index in [0.29, 0.717) is 17.5 Å². The van der Waals surface area contributed by atoms with Crippen LogP contribution in [-0.2, 0) is 0 Å². The Hall–Kier alpha value is -3.57. The highest BCUT2D eigenvalue weighted by Crippen LogP contribution is 2.43. The first-order valence-corrected chi connectivity index (χ1v) is 11.7. The van der Waals surface area contributed by atoms with Gasteiger partial charge < -0.3 is 0 Å². The quantitative estimate of drug-likeness (QED) is 0.322. The van der Waals surface area contributed by atoms with Crippen molar-refractivity contribution in [2.24, 2.45) is 0 Å². The number of rotatable bonds is 3. The molecule has 0 saturated heterocycles. The number of allylic oxidation sites excluding steroid dienone is 1. The van der Waals surface area contributed by atoms with Crippen molar-refractivity contribution in [1.82, 2.24) is 15.0 Å². The van der Waals surface area contributed by atoms with Gasteiger partial charge in [-0.3, -0.25) is 0 Å². The predicted octanol–water partition coefficient (Wildman–Crippen LogP) is 6.18. The average molecular weight is 429 g/mol. The monoisotopic (exact) mass is 429 g/mol. The average Bonchev–Trinajstić information content (AvgIpc) is 3.25. The fourth-order valence-corrected chi connectivity index (χ4v) is 5.66. The highest BCUT2D eigenvalue weighted by molar-refractivity contribution is 7.20. The summed E-state index contributed by atoms with van der Waals surface area (Å²) in [7, 11) is 2.31. The molecule has 1 unspecified atom stereocenters. The van der Waals surface area contributed by atoms with Gasteiger partial charge >= 0.3 is 0 Å². The Kier molecular flexibility index (Phi) is 4.69. The second kappa shape index (κ2) is 7.84. The van der Waals surface area contributed by atoms with Crippen LogP contribution in [0.3, 0.4) is 0 Å². The van der Waals surface area contributed by atoms with Crippen LogP contribution in [0.25, 0.3) is 50.3 Å². The number of benzene rings is 3. The van der Waals surface area contributed by atoms with E-state index in [0.717, 1.165) is 28.9 Å². The van der Waals surface area contributed by atoms with E-state index in [9.17, 15) is 0 Å². The van der Waals surface area contributed by atoms with Crippen LogP contribution in [0, 0.1) is 0 Å². The first-order valence-electron chi connectivity index (χ1n) is 10.9. The maximum atomic E-state index is 4.94. The molecule has 1 atom stereocenters. The maximum absolute atomic E-state index is 4.94. The molecule has 1 aliphatic rings. The molecule has 3 aromatic carbocycles. The summed E-state index contributed by atoms with van der Waals surface area (Å²) in [5.74, 6) is 2.65. The van der Waals surface area contributed by atoms with E-state index in [1.54, 1.807) is 0 Å². The zero-order valence-corrected chi connectivity index (χ0v) is 18.5. The summed E-state index contributed by atoms with van der Waals surface area (Å²) in [4.78, 5) is 16.2. The van der Waals surface area contributed by atoms with Crippen LogP contribution >= 0.6 is 11.3 Å². The van der Waals surface area contributed by atoms with Gasteiger partial charge in [0.1, 0.15) is 7.85 Å². The lowest BCUT2D eigenvalue weighted by Crippen LogP contribution is -2.00. The molecule has 0 amide bonds. The molecule has 0 N–H and O–H groups in total. The molecular weight excluding hydrogens is 409 g/mol. The minimum Gasteiger partial charge on any atom is -0.208 e. The molecule has 32 heavy (non-hydrogen) atoms. The summed E-state index contributed by atoms with van der Waals surface area (Å²) < 4.78 is 1.25. The second-order valence-electron chi connectivity index (χ2n) is 8.14. The van der Waals surface area contributed by atoms with E-state index in [1.807, 2.05) is 72.0 Å². The molecule has 0 spiro atoms. The third-order valence-corrected chi connectivity index (χ3v) is 7.43. The largest absolute Gasteiger partial charge is 0.208 e. The number of aromatic nitrogens is 3. The molecule has 0 bridgehead atoms. The number of nitrogens with zero attached hydrogens (tertiary/aromatic N) is 3. The lowest BCUT2D eigenvalue weighted by atomic mass is 9.78. The molecule has 5 aromatic rings. The molecule has 2 heterocycles. The van der Waals surface area contributed by atoms with Gasteiger partial charge in [0.25, 0.3) is 0 Å². The summed E-state index contributed by atoms with van der Waals surface area (Å²) in [5.41, 5.74) is 4.40. The van der Waals surface area contributed by atoms with E-state index < -0.39 is 0 Å². The van der Waals surface area contributed by atoms with E-state index in [2.05, 4.69) is 38.2 Å². The van der Waals surface area contributed by atoms with Crippen LogP contribution in [0.2, 0.25) is 0 Å². The third kappa shape index (κ3) is 3.26. The molecule has 5 heteroatoms. The van der Waals surface area contributed by atoms with Gasteiger partial charge in [-0.1, -0.05) is 84.9 Å². The molecule has 0 fully saturated rings. The fraction of sp³-hybridized carbons (Fsp3) is 0.0741. The van der Waals surface area contributed by atoms with E-state index in [-0.39, 0.29) is 0 Å². The Morgan fingerprint density at radius 2 is 1.34 bits per heavy atom. The van der Waals surface area contributed by atoms with Crippen LogP contribution in [0.1, 0.15) is 22.7 Å². The zero-order chi connectivity index (χ0) is 21.5. The van der Waals surface area contributed by atoms with E-state index in [1.165, 1.54) is 20.5 Å². The van der Waals surface area contributed by atoms with Gasteiger partial charge in [0, 0.05) is 31.7 Å². The molecule has 1 aliphatic carbocycles. The summed E-state index contributed by atoms with van der Waals surface area (Å²) in [6.45, 7) is 0. The Morgan fingerprint density at radius 3 is 2.00 bits per heavy atom. The summed E-state index contributed by atoms with van der Waals surface area (Å²) in [6, 6.07) is 26.7. The van der Waals surface area contributed by atoms with Crippen LogP contribution in [0.4, 0.5) is 0 Å². The fourth-order valence-electron chi connectivity index (χ4n) is 4.30. The molecule has 152 valence electrons. The number of thiophene rings is 1. The van der Waals surface area contributed by atoms with Crippen molar-refractivity contribution in [3.05, 3.63) is 95.4 Å². The standard InChI is InChI=1S/C27H20BN3S/c28-22-16-8-14-20-19-13-7-15-21(23(19)32-24(20)22)27-30-25(17-9-3-1-4-10-17)29-26(31-27)18-11-5-2-6-12-18/h1-15,22H,16,28H2. The van der Waals surface area contributed by atoms with Crippen molar-refractivity contribution in [1.29, 1.82) is 0 Å². The van der Waals surface area contributed by atoms with Crippen molar-refractivity contribution in [2.75, 3.05) is 0 Å². The Bertz CT molecular complexity index is 1400. The topological polar surface area (TPSA) is 38.7 Å². The number of fused-ring (bicyclic) bond motifs is 3. The summed E-state index contributed by atoms with van der Waals surface area (Å²) >= 11 is 1.88. The molecular formula is C27H20BN3S. The van der Waals surface area contributed by atoms with Gasteiger partial charge in [0.2, 0.25) is 0 Å². The van der Waals surface area contributed by atoms with Crippen molar-refractivity contribution in [3.8, 4) is 34.2 Å². The van der Waals surface area contributed by atoms with Crippen LogP contribution in [0.5, 0.6) is 0 Å².